The Balaban J connectivity index is 1.53. The van der Waals surface area contributed by atoms with Crippen molar-refractivity contribution >= 4 is 38.4 Å². The maximum Gasteiger partial charge on any atom is 0.275 e. The van der Waals surface area contributed by atoms with E-state index in [1.165, 1.54) is 4.70 Å². The molecule has 1 aliphatic heterocycles. The summed E-state index contributed by atoms with van der Waals surface area (Å²) in [4.78, 5) is 19.8. The van der Waals surface area contributed by atoms with Gasteiger partial charge in [-0.2, -0.15) is 5.10 Å². The van der Waals surface area contributed by atoms with Crippen LogP contribution in [0, 0.1) is 0 Å². The van der Waals surface area contributed by atoms with Crippen LogP contribution in [-0.2, 0) is 0 Å². The lowest BCUT2D eigenvalue weighted by Crippen LogP contribution is -2.30. The van der Waals surface area contributed by atoms with Gasteiger partial charge in [-0.25, -0.2) is 4.98 Å². The zero-order chi connectivity index (χ0) is 16.8. The SMILES string of the molecule is O=C(c1n[nH]c2ccccc12)N1CCCC1c1nc2ccccc2s1. The van der Waals surface area contributed by atoms with E-state index in [0.717, 1.165) is 40.8 Å². The van der Waals surface area contributed by atoms with Crippen molar-refractivity contribution in [3.05, 3.63) is 59.2 Å². The fraction of sp³-hybridized carbons (Fsp3) is 0.211. The number of aromatic nitrogens is 3. The number of rotatable bonds is 2. The van der Waals surface area contributed by atoms with E-state index in [2.05, 4.69) is 16.3 Å². The Morgan fingerprint density at radius 2 is 2.00 bits per heavy atom. The Morgan fingerprint density at radius 1 is 1.16 bits per heavy atom. The standard InChI is InChI=1S/C19H16N4OS/c24-19(17-12-6-1-2-7-13(12)21-22-17)23-11-5-9-15(23)18-20-14-8-3-4-10-16(14)25-18/h1-4,6-8,10,15H,5,9,11H2,(H,21,22). The van der Waals surface area contributed by atoms with Crippen molar-refractivity contribution in [2.45, 2.75) is 18.9 Å². The van der Waals surface area contributed by atoms with Crippen molar-refractivity contribution in [3.8, 4) is 0 Å². The van der Waals surface area contributed by atoms with E-state index in [1.54, 1.807) is 11.3 Å². The van der Waals surface area contributed by atoms with E-state index >= 15 is 0 Å². The highest BCUT2D eigenvalue weighted by Gasteiger charge is 2.34. The molecule has 2 aromatic heterocycles. The molecule has 3 heterocycles. The lowest BCUT2D eigenvalue weighted by molar-refractivity contribution is 0.0731. The summed E-state index contributed by atoms with van der Waals surface area (Å²) >= 11 is 1.68. The highest BCUT2D eigenvalue weighted by Crippen LogP contribution is 2.37. The summed E-state index contributed by atoms with van der Waals surface area (Å²) < 4.78 is 1.17. The smallest absolute Gasteiger partial charge is 0.275 e. The van der Waals surface area contributed by atoms with Crippen molar-refractivity contribution in [1.29, 1.82) is 0 Å². The number of amides is 1. The van der Waals surface area contributed by atoms with Crippen LogP contribution in [0.4, 0.5) is 0 Å². The van der Waals surface area contributed by atoms with Gasteiger partial charge in [0.15, 0.2) is 5.69 Å². The van der Waals surface area contributed by atoms with Gasteiger partial charge in [0.2, 0.25) is 0 Å². The molecule has 0 radical (unpaired) electrons. The van der Waals surface area contributed by atoms with E-state index in [1.807, 2.05) is 47.4 Å². The molecule has 1 saturated heterocycles. The van der Waals surface area contributed by atoms with Crippen LogP contribution in [0.3, 0.4) is 0 Å². The molecule has 0 spiro atoms. The fourth-order valence-electron chi connectivity index (χ4n) is 3.56. The average molecular weight is 348 g/mol. The minimum Gasteiger partial charge on any atom is -0.328 e. The quantitative estimate of drug-likeness (QED) is 0.592. The molecular weight excluding hydrogens is 332 g/mol. The summed E-state index contributed by atoms with van der Waals surface area (Å²) in [7, 11) is 0. The zero-order valence-electron chi connectivity index (χ0n) is 13.5. The molecule has 0 bridgehead atoms. The van der Waals surface area contributed by atoms with Crippen molar-refractivity contribution in [2.24, 2.45) is 0 Å². The highest BCUT2D eigenvalue weighted by molar-refractivity contribution is 7.18. The molecule has 0 saturated carbocycles. The predicted molar refractivity (Wildman–Crippen MR) is 98.7 cm³/mol. The number of nitrogens with one attached hydrogen (secondary N) is 1. The largest absolute Gasteiger partial charge is 0.328 e. The van der Waals surface area contributed by atoms with Crippen molar-refractivity contribution in [1.82, 2.24) is 20.1 Å². The molecule has 4 aromatic rings. The van der Waals surface area contributed by atoms with Crippen LogP contribution in [0.5, 0.6) is 0 Å². The Kier molecular flexibility index (Phi) is 3.31. The third-order valence-electron chi connectivity index (χ3n) is 4.78. The number of nitrogens with zero attached hydrogens (tertiary/aromatic N) is 3. The van der Waals surface area contributed by atoms with Crippen molar-refractivity contribution in [3.63, 3.8) is 0 Å². The molecular formula is C19H16N4OS. The summed E-state index contributed by atoms with van der Waals surface area (Å²) in [6, 6.07) is 15.9. The van der Waals surface area contributed by atoms with Crippen LogP contribution in [0.25, 0.3) is 21.1 Å². The number of hydrogen-bond donors (Lipinski definition) is 1. The molecule has 1 unspecified atom stereocenters. The molecule has 25 heavy (non-hydrogen) atoms. The van der Waals surface area contributed by atoms with E-state index < -0.39 is 0 Å². The number of fused-ring (bicyclic) bond motifs is 2. The first-order chi connectivity index (χ1) is 12.3. The van der Waals surface area contributed by atoms with E-state index in [9.17, 15) is 4.79 Å². The van der Waals surface area contributed by atoms with Gasteiger partial charge in [-0.1, -0.05) is 30.3 Å². The molecule has 6 heteroatoms. The number of H-pyrrole nitrogens is 1. The van der Waals surface area contributed by atoms with Gasteiger partial charge in [-0.3, -0.25) is 9.89 Å². The maximum absolute atomic E-state index is 13.1. The third kappa shape index (κ3) is 2.33. The Morgan fingerprint density at radius 3 is 2.92 bits per heavy atom. The van der Waals surface area contributed by atoms with Gasteiger partial charge in [0.05, 0.1) is 21.8 Å². The summed E-state index contributed by atoms with van der Waals surface area (Å²) in [6.07, 6.45) is 1.95. The Hall–Kier alpha value is -2.73. The van der Waals surface area contributed by atoms with Gasteiger partial charge in [0.1, 0.15) is 5.01 Å². The molecule has 1 fully saturated rings. The van der Waals surface area contributed by atoms with Crippen LogP contribution in [0.2, 0.25) is 0 Å². The van der Waals surface area contributed by atoms with Crippen LogP contribution in [0.15, 0.2) is 48.5 Å². The van der Waals surface area contributed by atoms with Crippen molar-refractivity contribution in [2.75, 3.05) is 6.54 Å². The lowest BCUT2D eigenvalue weighted by atomic mass is 10.2. The molecule has 1 amide bonds. The second kappa shape index (κ2) is 5.67. The van der Waals surface area contributed by atoms with Gasteiger partial charge in [0.25, 0.3) is 5.91 Å². The van der Waals surface area contributed by atoms with Crippen LogP contribution in [0.1, 0.15) is 34.4 Å². The highest BCUT2D eigenvalue weighted by atomic mass is 32.1. The topological polar surface area (TPSA) is 61.9 Å². The first-order valence-corrected chi connectivity index (χ1v) is 9.22. The lowest BCUT2D eigenvalue weighted by Gasteiger charge is -2.22. The minimum atomic E-state index is -0.0146. The van der Waals surface area contributed by atoms with E-state index in [0.29, 0.717) is 5.69 Å². The summed E-state index contributed by atoms with van der Waals surface area (Å²) in [5.41, 5.74) is 2.40. The van der Waals surface area contributed by atoms with Gasteiger partial charge in [-0.05, 0) is 31.0 Å². The number of likely N-dealkylation sites (tertiary alicyclic amines) is 1. The van der Waals surface area contributed by atoms with Gasteiger partial charge >= 0.3 is 0 Å². The molecule has 5 nitrogen and oxygen atoms in total. The number of carbonyl (C=O) groups excluding carboxylic acids is 1. The van der Waals surface area contributed by atoms with E-state index in [-0.39, 0.29) is 11.9 Å². The number of thiazole rings is 1. The van der Waals surface area contributed by atoms with Crippen LogP contribution in [-0.4, -0.2) is 32.5 Å². The number of benzene rings is 2. The molecule has 1 aliphatic rings. The molecule has 124 valence electrons. The first-order valence-electron chi connectivity index (χ1n) is 8.41. The number of para-hydroxylation sites is 2. The summed E-state index contributed by atoms with van der Waals surface area (Å²) in [5, 5.41) is 9.13. The summed E-state index contributed by atoms with van der Waals surface area (Å²) in [5.74, 6) is -0.0146. The molecule has 1 atom stereocenters. The van der Waals surface area contributed by atoms with Gasteiger partial charge in [-0.15, -0.1) is 11.3 Å². The predicted octanol–water partition coefficient (Wildman–Crippen LogP) is 4.15. The minimum absolute atomic E-state index is 0.0146. The second-order valence-electron chi connectivity index (χ2n) is 6.29. The molecule has 5 rings (SSSR count). The normalized spacial score (nSPS) is 17.6. The van der Waals surface area contributed by atoms with Crippen LogP contribution >= 0.6 is 11.3 Å². The molecule has 0 aliphatic carbocycles. The monoisotopic (exact) mass is 348 g/mol. The van der Waals surface area contributed by atoms with E-state index in [4.69, 9.17) is 4.98 Å². The van der Waals surface area contributed by atoms with Crippen molar-refractivity contribution < 1.29 is 4.79 Å². The number of aromatic amines is 1. The first kappa shape index (κ1) is 14.6. The maximum atomic E-state index is 13.1. The van der Waals surface area contributed by atoms with Gasteiger partial charge in [0, 0.05) is 11.9 Å². The second-order valence-corrected chi connectivity index (χ2v) is 7.36. The average Bonchev–Trinajstić information content (AvgIpc) is 3.37. The zero-order valence-corrected chi connectivity index (χ0v) is 14.3. The Labute approximate surface area is 148 Å². The molecule has 2 aromatic carbocycles. The van der Waals surface area contributed by atoms with Gasteiger partial charge < -0.3 is 4.90 Å². The molecule has 1 N–H and O–H groups in total. The number of hydrogen-bond acceptors (Lipinski definition) is 4. The third-order valence-corrected chi connectivity index (χ3v) is 5.92. The fourth-order valence-corrected chi connectivity index (χ4v) is 4.68. The van der Waals surface area contributed by atoms with Crippen LogP contribution < -0.4 is 0 Å². The number of carbonyl (C=O) groups is 1. The summed E-state index contributed by atoms with van der Waals surface area (Å²) in [6.45, 7) is 0.751. The Bertz CT molecular complexity index is 1050.